The van der Waals surface area contributed by atoms with Crippen molar-refractivity contribution < 1.29 is 14.9 Å². The lowest BCUT2D eigenvalue weighted by atomic mass is 10.2. The largest absolute Gasteiger partial charge is 0.508 e. The zero-order valence-corrected chi connectivity index (χ0v) is 9.60. The lowest BCUT2D eigenvalue weighted by Gasteiger charge is -2.29. The first kappa shape index (κ1) is 12.2. The second-order valence-electron chi connectivity index (χ2n) is 4.22. The maximum Gasteiger partial charge on any atom is 0.119 e. The van der Waals surface area contributed by atoms with E-state index in [2.05, 4.69) is 10.6 Å². The topological polar surface area (TPSA) is 73.8 Å². The molecule has 1 atom stereocenters. The van der Waals surface area contributed by atoms with Gasteiger partial charge in [0.15, 0.2) is 0 Å². The summed E-state index contributed by atoms with van der Waals surface area (Å²) in [5, 5.41) is 25.1. The third-order valence-electron chi connectivity index (χ3n) is 2.70. The summed E-state index contributed by atoms with van der Waals surface area (Å²) in [6.45, 7) is 2.71. The Bertz CT molecular complexity index is 338. The van der Waals surface area contributed by atoms with Crippen LogP contribution in [0.4, 0.5) is 0 Å². The molecule has 94 valence electrons. The molecule has 0 amide bonds. The van der Waals surface area contributed by atoms with Crippen molar-refractivity contribution in [3.8, 4) is 11.5 Å². The molecule has 1 saturated heterocycles. The first-order valence-corrected chi connectivity index (χ1v) is 5.78. The Morgan fingerprint density at radius 2 is 2.06 bits per heavy atom. The summed E-state index contributed by atoms with van der Waals surface area (Å²) in [7, 11) is 0. The van der Waals surface area contributed by atoms with Crippen LogP contribution in [0.15, 0.2) is 24.3 Å². The minimum atomic E-state index is -0.524. The summed E-state index contributed by atoms with van der Waals surface area (Å²) in [5.41, 5.74) is 0. The van der Waals surface area contributed by atoms with Crippen molar-refractivity contribution in [2.75, 3.05) is 26.2 Å². The number of aliphatic hydroxyl groups is 1. The summed E-state index contributed by atoms with van der Waals surface area (Å²) in [5.74, 6) is 0.851. The number of phenolic OH excluding ortho intramolecular Hbond substituents is 1. The highest BCUT2D eigenvalue weighted by Crippen LogP contribution is 2.15. The fourth-order valence-electron chi connectivity index (χ4n) is 1.53. The number of hydrogen-bond donors (Lipinski definition) is 4. The van der Waals surface area contributed by atoms with Crippen molar-refractivity contribution in [2.24, 2.45) is 0 Å². The van der Waals surface area contributed by atoms with E-state index in [1.165, 1.54) is 0 Å². The number of rotatable bonds is 6. The average molecular weight is 238 g/mol. The fourth-order valence-corrected chi connectivity index (χ4v) is 1.53. The van der Waals surface area contributed by atoms with Gasteiger partial charge in [-0.15, -0.1) is 0 Å². The predicted molar refractivity (Wildman–Crippen MR) is 64.3 cm³/mol. The summed E-state index contributed by atoms with van der Waals surface area (Å²) in [4.78, 5) is 0. The molecule has 1 aromatic rings. The second-order valence-corrected chi connectivity index (χ2v) is 4.22. The number of phenols is 1. The van der Waals surface area contributed by atoms with Gasteiger partial charge in [0.05, 0.1) is 0 Å². The zero-order chi connectivity index (χ0) is 12.1. The highest BCUT2D eigenvalue weighted by Gasteiger charge is 2.17. The molecule has 0 saturated carbocycles. The Morgan fingerprint density at radius 1 is 1.35 bits per heavy atom. The fraction of sp³-hybridized carbons (Fsp3) is 0.500. The van der Waals surface area contributed by atoms with Crippen LogP contribution in [0.2, 0.25) is 0 Å². The SMILES string of the molecule is Oc1ccc(OC[C@@H](O)CNC2CNC2)cc1. The molecular formula is C12H18N2O3. The molecule has 17 heavy (non-hydrogen) atoms. The van der Waals surface area contributed by atoms with Crippen LogP contribution in [0.5, 0.6) is 11.5 Å². The number of hydrogen-bond acceptors (Lipinski definition) is 5. The van der Waals surface area contributed by atoms with Gasteiger partial charge in [0.2, 0.25) is 0 Å². The van der Waals surface area contributed by atoms with Gasteiger partial charge >= 0.3 is 0 Å². The molecule has 1 aromatic carbocycles. The number of nitrogens with one attached hydrogen (secondary N) is 2. The van der Waals surface area contributed by atoms with E-state index in [1.54, 1.807) is 24.3 Å². The molecule has 0 aromatic heterocycles. The minimum absolute atomic E-state index is 0.206. The molecule has 4 N–H and O–H groups in total. The van der Waals surface area contributed by atoms with Gasteiger partial charge < -0.3 is 25.6 Å². The van der Waals surface area contributed by atoms with Crippen LogP contribution in [0.25, 0.3) is 0 Å². The lowest BCUT2D eigenvalue weighted by molar-refractivity contribution is 0.101. The number of benzene rings is 1. The molecule has 0 bridgehead atoms. The van der Waals surface area contributed by atoms with Crippen molar-refractivity contribution >= 4 is 0 Å². The summed E-state index contributed by atoms with van der Waals surface area (Å²) in [6.07, 6.45) is -0.524. The molecule has 1 heterocycles. The maximum absolute atomic E-state index is 9.68. The predicted octanol–water partition coefficient (Wildman–Crippen LogP) is -0.307. The average Bonchev–Trinajstić information content (AvgIpc) is 2.26. The summed E-state index contributed by atoms with van der Waals surface area (Å²) in [6, 6.07) is 6.93. The molecule has 1 aliphatic rings. The molecule has 0 aliphatic carbocycles. The van der Waals surface area contributed by atoms with E-state index in [9.17, 15) is 5.11 Å². The van der Waals surface area contributed by atoms with Crippen LogP contribution in [0.1, 0.15) is 0 Å². The molecule has 0 radical (unpaired) electrons. The van der Waals surface area contributed by atoms with E-state index in [0.717, 1.165) is 13.1 Å². The third-order valence-corrected chi connectivity index (χ3v) is 2.70. The number of ether oxygens (including phenoxy) is 1. The minimum Gasteiger partial charge on any atom is -0.508 e. The summed E-state index contributed by atoms with van der Waals surface area (Å²) < 4.78 is 5.39. The smallest absolute Gasteiger partial charge is 0.119 e. The normalized spacial score (nSPS) is 17.5. The lowest BCUT2D eigenvalue weighted by Crippen LogP contribution is -2.56. The van der Waals surface area contributed by atoms with Gasteiger partial charge in [0, 0.05) is 25.7 Å². The first-order valence-electron chi connectivity index (χ1n) is 5.78. The van der Waals surface area contributed by atoms with E-state index in [0.29, 0.717) is 18.3 Å². The van der Waals surface area contributed by atoms with E-state index >= 15 is 0 Å². The Kier molecular flexibility index (Phi) is 4.19. The molecule has 5 heteroatoms. The van der Waals surface area contributed by atoms with Crippen LogP contribution < -0.4 is 15.4 Å². The highest BCUT2D eigenvalue weighted by atomic mass is 16.5. The first-order chi connectivity index (χ1) is 8.24. The zero-order valence-electron chi connectivity index (χ0n) is 9.60. The quantitative estimate of drug-likeness (QED) is 0.547. The molecule has 0 spiro atoms. The Balaban J connectivity index is 1.64. The van der Waals surface area contributed by atoms with E-state index < -0.39 is 6.10 Å². The maximum atomic E-state index is 9.68. The highest BCUT2D eigenvalue weighted by molar-refractivity contribution is 5.30. The van der Waals surface area contributed by atoms with Gasteiger partial charge in [0.25, 0.3) is 0 Å². The van der Waals surface area contributed by atoms with Crippen LogP contribution in [-0.2, 0) is 0 Å². The standard InChI is InChI=1S/C12H18N2O3/c15-10-1-3-12(4-2-10)17-8-11(16)7-14-9-5-13-6-9/h1-4,9,11,13-16H,5-8H2/t11-/m0/s1. The molecule has 1 aliphatic heterocycles. The molecule has 1 fully saturated rings. The van der Waals surface area contributed by atoms with Crippen molar-refractivity contribution in [3.05, 3.63) is 24.3 Å². The van der Waals surface area contributed by atoms with Crippen molar-refractivity contribution in [3.63, 3.8) is 0 Å². The van der Waals surface area contributed by atoms with Crippen molar-refractivity contribution in [2.45, 2.75) is 12.1 Å². The number of aromatic hydroxyl groups is 1. The third kappa shape index (κ3) is 3.89. The number of aliphatic hydroxyl groups excluding tert-OH is 1. The molecule has 0 unspecified atom stereocenters. The van der Waals surface area contributed by atoms with Gasteiger partial charge in [0.1, 0.15) is 24.2 Å². The van der Waals surface area contributed by atoms with E-state index in [4.69, 9.17) is 9.84 Å². The Hall–Kier alpha value is -1.30. The summed E-state index contributed by atoms with van der Waals surface area (Å²) >= 11 is 0. The van der Waals surface area contributed by atoms with Gasteiger partial charge in [-0.2, -0.15) is 0 Å². The van der Waals surface area contributed by atoms with Crippen LogP contribution in [-0.4, -0.2) is 48.6 Å². The van der Waals surface area contributed by atoms with Crippen LogP contribution in [0.3, 0.4) is 0 Å². The van der Waals surface area contributed by atoms with Gasteiger partial charge in [-0.25, -0.2) is 0 Å². The van der Waals surface area contributed by atoms with Gasteiger partial charge in [-0.1, -0.05) is 0 Å². The molecule has 2 rings (SSSR count). The molecule has 5 nitrogen and oxygen atoms in total. The molecular weight excluding hydrogens is 220 g/mol. The van der Waals surface area contributed by atoms with Gasteiger partial charge in [-0.05, 0) is 24.3 Å². The van der Waals surface area contributed by atoms with Gasteiger partial charge in [-0.3, -0.25) is 0 Å². The van der Waals surface area contributed by atoms with Crippen molar-refractivity contribution in [1.82, 2.24) is 10.6 Å². The Labute approximate surface area is 100 Å². The van der Waals surface area contributed by atoms with E-state index in [-0.39, 0.29) is 12.4 Å². The Morgan fingerprint density at radius 3 is 2.65 bits per heavy atom. The second kappa shape index (κ2) is 5.86. The van der Waals surface area contributed by atoms with E-state index in [1.807, 2.05) is 0 Å². The van der Waals surface area contributed by atoms with Crippen molar-refractivity contribution in [1.29, 1.82) is 0 Å². The monoisotopic (exact) mass is 238 g/mol. The van der Waals surface area contributed by atoms with Crippen LogP contribution >= 0.6 is 0 Å². The van der Waals surface area contributed by atoms with Crippen LogP contribution in [0, 0.1) is 0 Å².